The predicted octanol–water partition coefficient (Wildman–Crippen LogP) is 7.35. The minimum absolute atomic E-state index is 0.243. The van der Waals surface area contributed by atoms with Crippen LogP contribution in [0.3, 0.4) is 0 Å². The van der Waals surface area contributed by atoms with Crippen LogP contribution in [0.2, 0.25) is 0 Å². The average Bonchev–Trinajstić information content (AvgIpc) is 4.16. The number of aryl methyl sites for hydroxylation is 2. The number of hydrogen-bond acceptors (Lipinski definition) is 13. The summed E-state index contributed by atoms with van der Waals surface area (Å²) in [4.78, 5) is 44.6. The van der Waals surface area contributed by atoms with Gasteiger partial charge >= 0.3 is 19.1 Å². The Bertz CT molecular complexity index is 2870. The van der Waals surface area contributed by atoms with Crippen LogP contribution in [0.4, 0.5) is 0 Å². The maximum Gasteiger partial charge on any atom is 0.516 e. The highest BCUT2D eigenvalue weighted by Crippen LogP contribution is 2.36. The zero-order valence-corrected chi connectivity index (χ0v) is 38.8. The minimum atomic E-state index is -0.636. The molecule has 346 valence electrons. The van der Waals surface area contributed by atoms with Gasteiger partial charge in [0.2, 0.25) is 0 Å². The molecule has 9 rings (SSSR count). The molecule has 0 saturated carbocycles. The Labute approximate surface area is 393 Å². The van der Waals surface area contributed by atoms with Gasteiger partial charge in [0, 0.05) is 34.9 Å². The summed E-state index contributed by atoms with van der Waals surface area (Å²) in [6, 6.07) is 40.6. The highest BCUT2D eigenvalue weighted by atomic mass is 16.7. The quantitative estimate of drug-likeness (QED) is 0.0631. The first-order valence-electron chi connectivity index (χ1n) is 21.4. The Hall–Kier alpha value is -8.06. The number of hydroxylamine groups is 1. The third kappa shape index (κ3) is 10.3. The van der Waals surface area contributed by atoms with Crippen LogP contribution in [-0.4, -0.2) is 94.9 Å². The molecule has 0 radical (unpaired) electrons. The summed E-state index contributed by atoms with van der Waals surface area (Å²) >= 11 is 0. The van der Waals surface area contributed by atoms with Crippen LogP contribution in [0.25, 0.3) is 39.6 Å². The molecule has 1 amide bonds. The summed E-state index contributed by atoms with van der Waals surface area (Å²) in [5.41, 5.74) is 9.21. The second-order valence-electron chi connectivity index (χ2n) is 16.3. The van der Waals surface area contributed by atoms with Crippen molar-refractivity contribution < 1.29 is 38.4 Å². The maximum atomic E-state index is 12.1. The number of carbonyl (C=O) groups is 3. The topological polar surface area (TPSA) is 200 Å². The molecule has 1 aliphatic heterocycles. The third-order valence-corrected chi connectivity index (χ3v) is 11.3. The van der Waals surface area contributed by atoms with Gasteiger partial charge in [-0.1, -0.05) is 54.6 Å². The van der Waals surface area contributed by atoms with Gasteiger partial charge in [0.05, 0.1) is 59.5 Å². The van der Waals surface area contributed by atoms with Crippen LogP contribution in [0.15, 0.2) is 146 Å². The molecule has 6 heterocycles. The van der Waals surface area contributed by atoms with Crippen LogP contribution in [-0.2, 0) is 18.8 Å². The third-order valence-electron chi connectivity index (χ3n) is 11.3. The van der Waals surface area contributed by atoms with Gasteiger partial charge in [0.15, 0.2) is 11.4 Å². The van der Waals surface area contributed by atoms with Crippen molar-refractivity contribution in [1.29, 1.82) is 0 Å². The molecule has 0 spiro atoms. The Morgan fingerprint density at radius 2 is 0.941 bits per heavy atom. The summed E-state index contributed by atoms with van der Waals surface area (Å²) < 4.78 is 26.4. The van der Waals surface area contributed by atoms with E-state index in [9.17, 15) is 14.4 Å². The van der Waals surface area contributed by atoms with Crippen LogP contribution in [0.5, 0.6) is 0 Å². The van der Waals surface area contributed by atoms with E-state index in [1.807, 2.05) is 157 Å². The molecule has 0 bridgehead atoms. The summed E-state index contributed by atoms with van der Waals surface area (Å²) in [5.74, 6) is -1.51. The van der Waals surface area contributed by atoms with Crippen LogP contribution in [0.1, 0.15) is 70.5 Å². The van der Waals surface area contributed by atoms with E-state index in [1.165, 1.54) is 18.9 Å². The summed E-state index contributed by atoms with van der Waals surface area (Å²) in [5, 5.41) is 22.5. The first kappa shape index (κ1) is 47.9. The second kappa shape index (κ2) is 20.6. The number of pyridine rings is 2. The standard InChI is InChI=1S/C17H21BN2O4.C17H15N3O2.C16H14N4O2/c1-16(2)17(3,4)24-18(23-16)14-11-13(15(21)22-5)20(19-14)12-9-7-6-8-10-12;1-12-14(9-6-10-18-12)15-11-16(17(21)22-2)20(19-15)13-7-4-3-5-8-13;1-11-13(8-5-9-17-11)14-10-15(16(21)19-22)20(18-14)12-6-3-2-4-7-12/h6-11H,1-5H3;3-11H,1-2H3;2-10,22H,1H3,(H,19,21). The number of ether oxygens (including phenoxy) is 2. The first-order chi connectivity index (χ1) is 32.7. The van der Waals surface area contributed by atoms with Crippen LogP contribution in [0, 0.1) is 13.8 Å². The number of nitrogens with zero attached hydrogens (tertiary/aromatic N) is 8. The number of amides is 1. The number of benzene rings is 3. The lowest BCUT2D eigenvalue weighted by Crippen LogP contribution is -2.41. The molecular weight excluding hydrogens is 865 g/mol. The lowest BCUT2D eigenvalue weighted by atomic mass is 9.85. The van der Waals surface area contributed by atoms with E-state index < -0.39 is 36.2 Å². The number of esters is 2. The van der Waals surface area contributed by atoms with Gasteiger partial charge in [0.1, 0.15) is 5.69 Å². The number of carbonyl (C=O) groups excluding carboxylic acids is 3. The fraction of sp³-hybridized carbons (Fsp3) is 0.200. The van der Waals surface area contributed by atoms with E-state index in [2.05, 4.69) is 25.3 Å². The Morgan fingerprint density at radius 1 is 0.559 bits per heavy atom. The Morgan fingerprint density at radius 3 is 1.34 bits per heavy atom. The number of nitrogens with one attached hydrogen (secondary N) is 1. The van der Waals surface area contributed by atoms with Crippen molar-refractivity contribution in [3.63, 3.8) is 0 Å². The summed E-state index contributed by atoms with van der Waals surface area (Å²) in [6.45, 7) is 11.7. The van der Waals surface area contributed by atoms with Gasteiger partial charge in [-0.25, -0.2) is 29.1 Å². The molecule has 1 aliphatic rings. The molecule has 5 aromatic heterocycles. The molecule has 3 aromatic carbocycles. The first-order valence-corrected chi connectivity index (χ1v) is 21.4. The SMILES string of the molecule is COC(=O)c1cc(-c2cccnc2C)nn1-c1ccccc1.COC(=O)c1cc(B2OC(C)(C)C(C)(C)O2)nn1-c1ccccc1.Cc1ncccc1-c1cc(C(=O)NO)n(-c2ccccc2)n1. The molecule has 18 heteroatoms. The van der Waals surface area contributed by atoms with Gasteiger partial charge in [-0.05, 0) is 120 Å². The molecule has 68 heavy (non-hydrogen) atoms. The van der Waals surface area contributed by atoms with Gasteiger partial charge < -0.3 is 18.8 Å². The van der Waals surface area contributed by atoms with E-state index in [0.717, 1.165) is 39.6 Å². The Balaban J connectivity index is 0.000000151. The van der Waals surface area contributed by atoms with Crippen molar-refractivity contribution >= 4 is 30.6 Å². The smallest absolute Gasteiger partial charge is 0.464 e. The molecular formula is C50H50BN9O8. The highest BCUT2D eigenvalue weighted by Gasteiger charge is 2.53. The predicted molar refractivity (Wildman–Crippen MR) is 254 cm³/mol. The molecule has 0 aliphatic carbocycles. The molecule has 2 N–H and O–H groups in total. The molecule has 1 fully saturated rings. The fourth-order valence-corrected chi connectivity index (χ4v) is 7.03. The van der Waals surface area contributed by atoms with Crippen molar-refractivity contribution in [2.24, 2.45) is 0 Å². The zero-order valence-electron chi connectivity index (χ0n) is 38.8. The van der Waals surface area contributed by atoms with E-state index in [-0.39, 0.29) is 5.69 Å². The minimum Gasteiger partial charge on any atom is -0.464 e. The van der Waals surface area contributed by atoms with Crippen molar-refractivity contribution in [2.75, 3.05) is 14.2 Å². The highest BCUT2D eigenvalue weighted by molar-refractivity contribution is 6.61. The monoisotopic (exact) mass is 915 g/mol. The number of rotatable bonds is 9. The van der Waals surface area contributed by atoms with E-state index in [1.54, 1.807) is 45.4 Å². The van der Waals surface area contributed by atoms with Gasteiger partial charge in [0.25, 0.3) is 5.91 Å². The van der Waals surface area contributed by atoms with Crippen LogP contribution >= 0.6 is 0 Å². The van der Waals surface area contributed by atoms with Gasteiger partial charge in [-0.15, -0.1) is 0 Å². The van der Waals surface area contributed by atoms with Crippen molar-refractivity contribution in [1.82, 2.24) is 44.8 Å². The van der Waals surface area contributed by atoms with E-state index in [4.69, 9.17) is 24.0 Å². The van der Waals surface area contributed by atoms with E-state index in [0.29, 0.717) is 28.4 Å². The lowest BCUT2D eigenvalue weighted by molar-refractivity contribution is 0.00578. The van der Waals surface area contributed by atoms with Crippen LogP contribution < -0.4 is 11.1 Å². The summed E-state index contributed by atoms with van der Waals surface area (Å²) in [7, 11) is 2.07. The lowest BCUT2D eigenvalue weighted by Gasteiger charge is -2.32. The molecule has 1 saturated heterocycles. The van der Waals surface area contributed by atoms with Crippen molar-refractivity contribution in [3.05, 3.63) is 174 Å². The Kier molecular flexibility index (Phi) is 14.5. The summed E-state index contributed by atoms with van der Waals surface area (Å²) in [6.07, 6.45) is 3.43. The number of methoxy groups -OCH3 is 2. The van der Waals surface area contributed by atoms with Gasteiger partial charge in [-0.3, -0.25) is 20.0 Å². The normalized spacial score (nSPS) is 13.3. The zero-order chi connectivity index (χ0) is 48.6. The molecule has 8 aromatic rings. The van der Waals surface area contributed by atoms with Crippen molar-refractivity contribution in [3.8, 4) is 39.6 Å². The molecule has 0 unspecified atom stereocenters. The fourth-order valence-electron chi connectivity index (χ4n) is 7.03. The molecule has 17 nitrogen and oxygen atoms in total. The van der Waals surface area contributed by atoms with Crippen molar-refractivity contribution in [2.45, 2.75) is 52.7 Å². The molecule has 0 atom stereocenters. The maximum absolute atomic E-state index is 12.1. The largest absolute Gasteiger partial charge is 0.516 e. The average molecular weight is 916 g/mol. The second-order valence-corrected chi connectivity index (χ2v) is 16.3. The van der Waals surface area contributed by atoms with E-state index >= 15 is 0 Å². The van der Waals surface area contributed by atoms with Gasteiger partial charge in [-0.2, -0.15) is 15.3 Å². The number of para-hydroxylation sites is 3. The number of aromatic nitrogens is 8. The number of hydrogen-bond donors (Lipinski definition) is 2.